The number of allylic oxidation sites excluding steroid dienone is 3. The number of Topliss-reactive ketones (excluding diaryl/α,β-unsaturated/α-hetero) is 2. The molecule has 8 heteroatoms. The summed E-state index contributed by atoms with van der Waals surface area (Å²) >= 11 is 0. The van der Waals surface area contributed by atoms with Gasteiger partial charge in [-0.3, -0.25) is 14.4 Å². The number of hydrogen-bond donors (Lipinski definition) is 2. The number of halogens is 2. The summed E-state index contributed by atoms with van der Waals surface area (Å²) in [5.74, 6) is -3.11. The zero-order valence-corrected chi connectivity index (χ0v) is 17.7. The van der Waals surface area contributed by atoms with Crippen LogP contribution in [0.3, 0.4) is 0 Å². The van der Waals surface area contributed by atoms with Crippen molar-refractivity contribution in [2.45, 2.75) is 46.1 Å². The molecule has 1 aromatic carbocycles. The Hall–Kier alpha value is -3.16. The molecule has 1 aromatic rings. The van der Waals surface area contributed by atoms with Crippen LogP contribution in [0.4, 0.5) is 8.78 Å². The first kappa shape index (κ1) is 22.5. The van der Waals surface area contributed by atoms with Crippen molar-refractivity contribution in [3.8, 4) is 0 Å². The van der Waals surface area contributed by atoms with Gasteiger partial charge in [0, 0.05) is 23.5 Å². The number of amidine groups is 1. The number of carbonyl (C=O) groups is 3. The number of nitrogens with zero attached hydrogens (tertiary/aromatic N) is 1. The summed E-state index contributed by atoms with van der Waals surface area (Å²) in [5.41, 5.74) is 6.34. The van der Waals surface area contributed by atoms with Crippen LogP contribution in [0.15, 0.2) is 46.6 Å². The van der Waals surface area contributed by atoms with Gasteiger partial charge >= 0.3 is 0 Å². The van der Waals surface area contributed by atoms with Gasteiger partial charge in [0.1, 0.15) is 17.5 Å². The van der Waals surface area contributed by atoms with Crippen LogP contribution < -0.4 is 11.1 Å². The quantitative estimate of drug-likeness (QED) is 0.751. The van der Waals surface area contributed by atoms with Gasteiger partial charge in [0.05, 0.1) is 24.1 Å². The van der Waals surface area contributed by atoms with Crippen molar-refractivity contribution in [2.24, 2.45) is 22.1 Å². The van der Waals surface area contributed by atoms with Gasteiger partial charge in [0.15, 0.2) is 11.6 Å². The average molecular weight is 429 g/mol. The van der Waals surface area contributed by atoms with E-state index in [2.05, 4.69) is 10.3 Å². The van der Waals surface area contributed by atoms with E-state index in [1.54, 1.807) is 12.2 Å². The molecule has 0 spiro atoms. The second-order valence-electron chi connectivity index (χ2n) is 8.61. The number of rotatable bonds is 5. The lowest BCUT2D eigenvalue weighted by atomic mass is 9.74. The second-order valence-corrected chi connectivity index (χ2v) is 8.61. The van der Waals surface area contributed by atoms with Gasteiger partial charge in [-0.2, -0.15) is 0 Å². The average Bonchev–Trinajstić information content (AvgIpc) is 2.74. The molecule has 0 radical (unpaired) electrons. The molecule has 31 heavy (non-hydrogen) atoms. The normalized spacial score (nSPS) is 21.1. The maximum absolute atomic E-state index is 13.4. The van der Waals surface area contributed by atoms with Crippen molar-refractivity contribution < 1.29 is 23.2 Å². The molecule has 0 bridgehead atoms. The summed E-state index contributed by atoms with van der Waals surface area (Å²) in [4.78, 5) is 42.7. The Morgan fingerprint density at radius 1 is 1.26 bits per heavy atom. The number of nitrogens with one attached hydrogen (secondary N) is 1. The van der Waals surface area contributed by atoms with Crippen LogP contribution in [-0.2, 0) is 20.8 Å². The van der Waals surface area contributed by atoms with E-state index in [1.807, 2.05) is 13.8 Å². The highest BCUT2D eigenvalue weighted by atomic mass is 19.1. The lowest BCUT2D eigenvalue weighted by Crippen LogP contribution is -2.45. The van der Waals surface area contributed by atoms with Gasteiger partial charge in [-0.15, -0.1) is 0 Å². The summed E-state index contributed by atoms with van der Waals surface area (Å²) in [6.07, 6.45) is 3.53. The predicted octanol–water partition coefficient (Wildman–Crippen LogP) is 2.77. The van der Waals surface area contributed by atoms with Gasteiger partial charge in [0.2, 0.25) is 5.91 Å². The minimum atomic E-state index is -0.918. The number of carbonyl (C=O) groups excluding carboxylic acids is 3. The largest absolute Gasteiger partial charge is 0.387 e. The zero-order valence-electron chi connectivity index (χ0n) is 17.7. The third-order valence-electron chi connectivity index (χ3n) is 5.59. The number of hydrogen-bond acceptors (Lipinski definition) is 5. The Labute approximate surface area is 179 Å². The smallest absolute Gasteiger partial charge is 0.224 e. The Kier molecular flexibility index (Phi) is 6.20. The number of benzene rings is 1. The molecule has 3 rings (SSSR count). The molecule has 1 heterocycles. The summed E-state index contributed by atoms with van der Waals surface area (Å²) in [6, 6.07) is 1.93. The maximum atomic E-state index is 13.4. The SMILES string of the molecule is C[C@H](NC(=O)Cc1cc(F)cc(F)c1)C(=O)C1CC(C)(C)C(N)=NC2=C1C(=O)CC=C2. The number of aliphatic imine (C=N–C) groups is 1. The Morgan fingerprint density at radius 3 is 2.55 bits per heavy atom. The van der Waals surface area contributed by atoms with E-state index in [9.17, 15) is 23.2 Å². The second kappa shape index (κ2) is 8.53. The van der Waals surface area contributed by atoms with Crippen LogP contribution >= 0.6 is 0 Å². The Morgan fingerprint density at radius 2 is 1.90 bits per heavy atom. The van der Waals surface area contributed by atoms with Gasteiger partial charge in [-0.1, -0.05) is 19.9 Å². The number of nitrogens with two attached hydrogens (primary N) is 1. The zero-order chi connectivity index (χ0) is 22.9. The fourth-order valence-electron chi connectivity index (χ4n) is 3.90. The van der Waals surface area contributed by atoms with Crippen LogP contribution in [-0.4, -0.2) is 29.4 Å². The van der Waals surface area contributed by atoms with Crippen LogP contribution in [0.1, 0.15) is 39.2 Å². The monoisotopic (exact) mass is 429 g/mol. The van der Waals surface area contributed by atoms with E-state index in [0.717, 1.165) is 18.2 Å². The molecular formula is C23H25F2N3O3. The van der Waals surface area contributed by atoms with Gasteiger partial charge in [-0.05, 0) is 37.1 Å². The molecule has 1 aliphatic carbocycles. The van der Waals surface area contributed by atoms with Crippen molar-refractivity contribution in [1.29, 1.82) is 0 Å². The van der Waals surface area contributed by atoms with Crippen LogP contribution in [0.2, 0.25) is 0 Å². The molecule has 0 aromatic heterocycles. The molecule has 1 amide bonds. The third kappa shape index (κ3) is 4.95. The summed E-state index contributed by atoms with van der Waals surface area (Å²) in [7, 11) is 0. The standard InChI is InChI=1S/C23H25F2N3O3/c1-12(27-19(30)9-13-7-14(24)10-15(25)8-13)21(31)16-11-23(2,3)22(26)28-17-5-4-6-18(29)20(16)17/h4-5,7-8,10,12,16H,6,9,11H2,1-3H3,(H2,26,28)(H,27,30)/t12-,16?/m0/s1. The third-order valence-corrected chi connectivity index (χ3v) is 5.59. The Balaban J connectivity index is 1.80. The van der Waals surface area contributed by atoms with Crippen LogP contribution in [0.25, 0.3) is 0 Å². The highest BCUT2D eigenvalue weighted by Crippen LogP contribution is 2.38. The highest BCUT2D eigenvalue weighted by molar-refractivity contribution is 6.07. The molecule has 1 aliphatic heterocycles. The van der Waals surface area contributed by atoms with Crippen LogP contribution in [0.5, 0.6) is 0 Å². The van der Waals surface area contributed by atoms with Crippen molar-refractivity contribution in [3.63, 3.8) is 0 Å². The molecule has 164 valence electrons. The van der Waals surface area contributed by atoms with Crippen molar-refractivity contribution >= 4 is 23.3 Å². The topological polar surface area (TPSA) is 102 Å². The van der Waals surface area contributed by atoms with E-state index >= 15 is 0 Å². The summed E-state index contributed by atoms with van der Waals surface area (Å²) < 4.78 is 26.7. The molecule has 0 fully saturated rings. The van der Waals surface area contributed by atoms with E-state index in [1.165, 1.54) is 6.92 Å². The molecule has 6 nitrogen and oxygen atoms in total. The minimum Gasteiger partial charge on any atom is -0.387 e. The van der Waals surface area contributed by atoms with E-state index in [0.29, 0.717) is 17.1 Å². The molecule has 0 saturated carbocycles. The maximum Gasteiger partial charge on any atom is 0.224 e. The van der Waals surface area contributed by atoms with Gasteiger partial charge < -0.3 is 11.1 Å². The molecule has 2 atom stereocenters. The fourth-order valence-corrected chi connectivity index (χ4v) is 3.90. The van der Waals surface area contributed by atoms with Crippen molar-refractivity contribution in [3.05, 3.63) is 58.8 Å². The summed E-state index contributed by atoms with van der Waals surface area (Å²) in [5, 5.41) is 2.58. The molecule has 0 saturated heterocycles. The Bertz CT molecular complexity index is 1020. The van der Waals surface area contributed by atoms with Gasteiger partial charge in [-0.25, -0.2) is 13.8 Å². The lowest BCUT2D eigenvalue weighted by molar-refractivity contribution is -0.129. The molecule has 3 N–H and O–H groups in total. The lowest BCUT2D eigenvalue weighted by Gasteiger charge is -2.29. The van der Waals surface area contributed by atoms with Crippen molar-refractivity contribution in [1.82, 2.24) is 5.32 Å². The molecule has 2 aliphatic rings. The fraction of sp³-hybridized carbons (Fsp3) is 0.391. The van der Waals surface area contributed by atoms with Crippen molar-refractivity contribution in [2.75, 3.05) is 0 Å². The first-order chi connectivity index (χ1) is 14.5. The van der Waals surface area contributed by atoms with E-state index < -0.39 is 34.9 Å². The molecule has 1 unspecified atom stereocenters. The summed E-state index contributed by atoms with van der Waals surface area (Å²) in [6.45, 7) is 5.22. The molecular weight excluding hydrogens is 404 g/mol. The minimum absolute atomic E-state index is 0.156. The number of ketones is 2. The van der Waals surface area contributed by atoms with E-state index in [4.69, 9.17) is 5.73 Å². The highest BCUT2D eigenvalue weighted by Gasteiger charge is 2.41. The first-order valence-corrected chi connectivity index (χ1v) is 10.0. The van der Waals surface area contributed by atoms with E-state index in [-0.39, 0.29) is 36.4 Å². The predicted molar refractivity (Wildman–Crippen MR) is 112 cm³/mol. The first-order valence-electron chi connectivity index (χ1n) is 10.0. The van der Waals surface area contributed by atoms with Gasteiger partial charge in [0.25, 0.3) is 0 Å². The number of amides is 1. The van der Waals surface area contributed by atoms with Crippen LogP contribution in [0, 0.1) is 23.0 Å².